The van der Waals surface area contributed by atoms with E-state index >= 15 is 0 Å². The standard InChI is InChI=1S/C19H20FNO4S/c20-17-10-9-16(19(22)25-14-15-7-3-1-4-8-15)13-18(17)26(23,24)21-11-5-2-6-12-21/h1,3-4,7-10,13H,2,5-6,11-12,14H2. The van der Waals surface area contributed by atoms with Gasteiger partial charge in [0.2, 0.25) is 10.0 Å². The topological polar surface area (TPSA) is 63.7 Å². The maximum absolute atomic E-state index is 14.2. The molecule has 1 aliphatic rings. The van der Waals surface area contributed by atoms with Crippen molar-refractivity contribution < 1.29 is 22.3 Å². The van der Waals surface area contributed by atoms with Crippen molar-refractivity contribution in [2.24, 2.45) is 0 Å². The normalized spacial score (nSPS) is 15.6. The third-order valence-electron chi connectivity index (χ3n) is 4.31. The first-order valence-electron chi connectivity index (χ1n) is 8.49. The van der Waals surface area contributed by atoms with E-state index in [0.29, 0.717) is 13.1 Å². The Bertz CT molecular complexity index is 878. The summed E-state index contributed by atoms with van der Waals surface area (Å²) in [5, 5.41) is 0. The van der Waals surface area contributed by atoms with Crippen LogP contribution in [0.2, 0.25) is 0 Å². The number of carbonyl (C=O) groups is 1. The van der Waals surface area contributed by atoms with E-state index < -0.39 is 26.7 Å². The molecule has 2 aromatic rings. The number of piperidine rings is 1. The van der Waals surface area contributed by atoms with Crippen molar-refractivity contribution in [3.63, 3.8) is 0 Å². The summed E-state index contributed by atoms with van der Waals surface area (Å²) in [6.45, 7) is 0.792. The van der Waals surface area contributed by atoms with Crippen molar-refractivity contribution in [3.05, 3.63) is 65.5 Å². The fourth-order valence-electron chi connectivity index (χ4n) is 2.88. The molecule has 0 atom stereocenters. The molecule has 1 heterocycles. The molecule has 0 saturated carbocycles. The van der Waals surface area contributed by atoms with Crippen LogP contribution in [0.4, 0.5) is 4.39 Å². The Hall–Kier alpha value is -2.25. The summed E-state index contributed by atoms with van der Waals surface area (Å²) >= 11 is 0. The Kier molecular flexibility index (Phi) is 5.68. The van der Waals surface area contributed by atoms with Crippen LogP contribution in [-0.2, 0) is 21.4 Å². The number of carbonyl (C=O) groups excluding carboxylic acids is 1. The summed E-state index contributed by atoms with van der Waals surface area (Å²) in [5.74, 6) is -1.56. The SMILES string of the molecule is O=C(OCc1ccccc1)c1ccc(F)c(S(=O)(=O)N2CCCCC2)c1. The first kappa shape index (κ1) is 18.5. The minimum Gasteiger partial charge on any atom is -0.457 e. The number of hydrogen-bond acceptors (Lipinski definition) is 4. The number of ether oxygens (including phenoxy) is 1. The predicted molar refractivity (Wildman–Crippen MR) is 94.6 cm³/mol. The van der Waals surface area contributed by atoms with Crippen LogP contribution in [0.1, 0.15) is 35.2 Å². The Morgan fingerprint density at radius 3 is 2.42 bits per heavy atom. The number of halogens is 1. The average molecular weight is 377 g/mol. The van der Waals surface area contributed by atoms with E-state index in [-0.39, 0.29) is 12.2 Å². The molecule has 5 nitrogen and oxygen atoms in total. The van der Waals surface area contributed by atoms with Gasteiger partial charge in [-0.15, -0.1) is 0 Å². The predicted octanol–water partition coefficient (Wildman–Crippen LogP) is 3.36. The molecular weight excluding hydrogens is 357 g/mol. The second-order valence-electron chi connectivity index (χ2n) is 6.17. The van der Waals surface area contributed by atoms with Crippen LogP contribution < -0.4 is 0 Å². The van der Waals surface area contributed by atoms with E-state index in [2.05, 4.69) is 0 Å². The number of benzene rings is 2. The molecule has 1 aliphatic heterocycles. The minimum absolute atomic E-state index is 0.0120. The molecule has 0 N–H and O–H groups in total. The number of nitrogens with zero attached hydrogens (tertiary/aromatic N) is 1. The Morgan fingerprint density at radius 1 is 1.04 bits per heavy atom. The highest BCUT2D eigenvalue weighted by Gasteiger charge is 2.29. The first-order valence-corrected chi connectivity index (χ1v) is 9.93. The molecule has 2 aromatic carbocycles. The van der Waals surface area contributed by atoms with Crippen molar-refractivity contribution in [3.8, 4) is 0 Å². The lowest BCUT2D eigenvalue weighted by Crippen LogP contribution is -2.36. The summed E-state index contributed by atoms with van der Waals surface area (Å²) in [4.78, 5) is 11.8. The maximum atomic E-state index is 14.2. The largest absolute Gasteiger partial charge is 0.457 e. The van der Waals surface area contributed by atoms with E-state index in [9.17, 15) is 17.6 Å². The minimum atomic E-state index is -3.97. The lowest BCUT2D eigenvalue weighted by Gasteiger charge is -2.26. The molecule has 0 bridgehead atoms. The van der Waals surface area contributed by atoms with Crippen LogP contribution in [0.3, 0.4) is 0 Å². The maximum Gasteiger partial charge on any atom is 0.338 e. The summed E-state index contributed by atoms with van der Waals surface area (Å²) in [6.07, 6.45) is 2.46. The highest BCUT2D eigenvalue weighted by molar-refractivity contribution is 7.89. The zero-order valence-corrected chi connectivity index (χ0v) is 15.0. The molecule has 1 fully saturated rings. The van der Waals surface area contributed by atoms with Gasteiger partial charge in [-0.25, -0.2) is 17.6 Å². The highest BCUT2D eigenvalue weighted by atomic mass is 32.2. The molecule has 26 heavy (non-hydrogen) atoms. The van der Waals surface area contributed by atoms with Crippen LogP contribution in [0.5, 0.6) is 0 Å². The summed E-state index contributed by atoms with van der Waals surface area (Å²) in [7, 11) is -3.97. The third-order valence-corrected chi connectivity index (χ3v) is 6.23. The van der Waals surface area contributed by atoms with Gasteiger partial charge in [-0.1, -0.05) is 36.8 Å². The van der Waals surface area contributed by atoms with Crippen molar-refractivity contribution in [1.82, 2.24) is 4.31 Å². The van der Waals surface area contributed by atoms with Gasteiger partial charge in [0.05, 0.1) is 5.56 Å². The molecule has 1 saturated heterocycles. The summed E-state index contributed by atoms with van der Waals surface area (Å²) in [5.41, 5.74) is 0.821. The second kappa shape index (κ2) is 7.97. The number of sulfonamides is 1. The molecule has 0 spiro atoms. The summed E-state index contributed by atoms with van der Waals surface area (Å²) < 4.78 is 46.0. The lowest BCUT2D eigenvalue weighted by atomic mass is 10.2. The molecule has 0 unspecified atom stereocenters. The van der Waals surface area contributed by atoms with Gasteiger partial charge in [-0.3, -0.25) is 0 Å². The van der Waals surface area contributed by atoms with Gasteiger partial charge >= 0.3 is 5.97 Å². The molecule has 0 radical (unpaired) electrons. The van der Waals surface area contributed by atoms with Gasteiger partial charge in [0, 0.05) is 13.1 Å². The molecule has 138 valence electrons. The molecule has 0 aliphatic carbocycles. The van der Waals surface area contributed by atoms with Crippen LogP contribution in [0, 0.1) is 5.82 Å². The Morgan fingerprint density at radius 2 is 1.73 bits per heavy atom. The van der Waals surface area contributed by atoms with Gasteiger partial charge in [-0.05, 0) is 36.6 Å². The number of esters is 1. The lowest BCUT2D eigenvalue weighted by molar-refractivity contribution is 0.0472. The number of hydrogen-bond donors (Lipinski definition) is 0. The van der Waals surface area contributed by atoms with Gasteiger partial charge < -0.3 is 4.74 Å². The molecule has 7 heteroatoms. The highest BCUT2D eigenvalue weighted by Crippen LogP contribution is 2.24. The van der Waals surface area contributed by atoms with E-state index in [0.717, 1.165) is 37.0 Å². The van der Waals surface area contributed by atoms with Gasteiger partial charge in [-0.2, -0.15) is 4.31 Å². The van der Waals surface area contributed by atoms with Crippen LogP contribution in [0.25, 0.3) is 0 Å². The average Bonchev–Trinajstić information content (AvgIpc) is 2.68. The quantitative estimate of drug-likeness (QED) is 0.750. The molecule has 0 amide bonds. The Labute approximate surface area is 152 Å². The van der Waals surface area contributed by atoms with Gasteiger partial charge in [0.15, 0.2) is 0 Å². The van der Waals surface area contributed by atoms with E-state index in [1.54, 1.807) is 0 Å². The fourth-order valence-corrected chi connectivity index (χ4v) is 4.49. The zero-order valence-electron chi connectivity index (χ0n) is 14.2. The monoisotopic (exact) mass is 377 g/mol. The van der Waals surface area contributed by atoms with Gasteiger partial charge in [0.25, 0.3) is 0 Å². The van der Waals surface area contributed by atoms with Crippen molar-refractivity contribution in [2.45, 2.75) is 30.8 Å². The number of rotatable bonds is 5. The van der Waals surface area contributed by atoms with Crippen molar-refractivity contribution in [1.29, 1.82) is 0 Å². The first-order chi connectivity index (χ1) is 12.5. The van der Waals surface area contributed by atoms with Crippen molar-refractivity contribution in [2.75, 3.05) is 13.1 Å². The van der Waals surface area contributed by atoms with Crippen LogP contribution in [0.15, 0.2) is 53.4 Å². The smallest absolute Gasteiger partial charge is 0.338 e. The van der Waals surface area contributed by atoms with E-state index in [1.165, 1.54) is 10.4 Å². The molecule has 3 rings (SSSR count). The Balaban J connectivity index is 1.79. The summed E-state index contributed by atoms with van der Waals surface area (Å²) in [6, 6.07) is 12.4. The van der Waals surface area contributed by atoms with Gasteiger partial charge in [0.1, 0.15) is 17.3 Å². The van der Waals surface area contributed by atoms with E-state index in [4.69, 9.17) is 4.74 Å². The second-order valence-corrected chi connectivity index (χ2v) is 8.08. The molecular formula is C19H20FNO4S. The zero-order chi connectivity index (χ0) is 18.6. The molecule has 0 aromatic heterocycles. The third kappa shape index (κ3) is 4.11. The van der Waals surface area contributed by atoms with E-state index in [1.807, 2.05) is 30.3 Å². The van der Waals surface area contributed by atoms with Crippen LogP contribution >= 0.6 is 0 Å². The van der Waals surface area contributed by atoms with Crippen LogP contribution in [-0.4, -0.2) is 31.8 Å². The van der Waals surface area contributed by atoms with Crippen molar-refractivity contribution >= 4 is 16.0 Å². The fraction of sp³-hybridized carbons (Fsp3) is 0.316.